The molecule has 2 aromatic carbocycles. The van der Waals surface area contributed by atoms with E-state index in [2.05, 4.69) is 4.98 Å². The van der Waals surface area contributed by atoms with Crippen molar-refractivity contribution in [1.29, 1.82) is 0 Å². The number of carbonyl (C=O) groups is 1. The van der Waals surface area contributed by atoms with Crippen LogP contribution in [0.2, 0.25) is 10.0 Å². The number of benzene rings is 2. The fourth-order valence-corrected chi connectivity index (χ4v) is 3.18. The van der Waals surface area contributed by atoms with Crippen LogP contribution in [0.5, 0.6) is 0 Å². The maximum atomic E-state index is 13.0. The molecule has 0 fully saturated rings. The van der Waals surface area contributed by atoms with E-state index in [1.807, 2.05) is 6.07 Å². The molecule has 0 saturated heterocycles. The smallest absolute Gasteiger partial charge is 0.417 e. The molecule has 0 unspecified atom stereocenters. The van der Waals surface area contributed by atoms with Crippen LogP contribution < -0.4 is 5.73 Å². The maximum absolute atomic E-state index is 13.0. The zero-order valence-corrected chi connectivity index (χ0v) is 15.7. The summed E-state index contributed by atoms with van der Waals surface area (Å²) in [6, 6.07) is 8.96. The highest BCUT2D eigenvalue weighted by Gasteiger charge is 2.34. The third-order valence-electron chi connectivity index (χ3n) is 3.99. The van der Waals surface area contributed by atoms with Gasteiger partial charge < -0.3 is 10.5 Å². The normalized spacial score (nSPS) is 11.6. The minimum atomic E-state index is -4.63. The Labute approximate surface area is 168 Å². The van der Waals surface area contributed by atoms with Crippen molar-refractivity contribution in [3.8, 4) is 0 Å². The highest BCUT2D eigenvalue weighted by Crippen LogP contribution is 2.38. The van der Waals surface area contributed by atoms with Gasteiger partial charge in [-0.1, -0.05) is 35.3 Å². The second-order valence-corrected chi connectivity index (χ2v) is 6.75. The number of anilines is 1. The number of hydrogen-bond donors (Lipinski definition) is 1. The average molecular weight is 429 g/mol. The van der Waals surface area contributed by atoms with Crippen LogP contribution in [0.1, 0.15) is 21.5 Å². The SMILES string of the molecule is Nc1cccc(CCOC(=O)c2cnc3cc(C(F)(F)F)c(Cl)cc3c2Cl)c1. The Bertz CT molecular complexity index is 1060. The second kappa shape index (κ2) is 7.85. The molecule has 0 aliphatic heterocycles. The number of pyridine rings is 1. The van der Waals surface area contributed by atoms with Crippen molar-refractivity contribution >= 4 is 45.8 Å². The quantitative estimate of drug-likeness (QED) is 0.437. The van der Waals surface area contributed by atoms with E-state index >= 15 is 0 Å². The van der Waals surface area contributed by atoms with E-state index in [1.54, 1.807) is 18.2 Å². The summed E-state index contributed by atoms with van der Waals surface area (Å²) in [5, 5.41) is -0.476. The van der Waals surface area contributed by atoms with Gasteiger partial charge in [0.05, 0.1) is 33.3 Å². The molecule has 1 aromatic heterocycles. The van der Waals surface area contributed by atoms with Crippen LogP contribution in [-0.2, 0) is 17.3 Å². The highest BCUT2D eigenvalue weighted by molar-refractivity contribution is 6.39. The lowest BCUT2D eigenvalue weighted by Gasteiger charge is -2.12. The van der Waals surface area contributed by atoms with E-state index < -0.39 is 22.7 Å². The van der Waals surface area contributed by atoms with Gasteiger partial charge in [-0.3, -0.25) is 4.98 Å². The maximum Gasteiger partial charge on any atom is 0.417 e. The standard InChI is InChI=1S/C19H13Cl2F3N2O2/c20-15-7-12-16(8-14(15)19(22,23)24)26-9-13(17(12)21)18(27)28-5-4-10-2-1-3-11(25)6-10/h1-3,6-9H,4-5,25H2. The van der Waals surface area contributed by atoms with Gasteiger partial charge in [-0.25, -0.2) is 4.79 Å². The fraction of sp³-hybridized carbons (Fsp3) is 0.158. The third kappa shape index (κ3) is 4.31. The fourth-order valence-electron chi connectivity index (χ4n) is 2.63. The summed E-state index contributed by atoms with van der Waals surface area (Å²) in [7, 11) is 0. The second-order valence-electron chi connectivity index (χ2n) is 5.96. The predicted molar refractivity (Wildman–Crippen MR) is 102 cm³/mol. The predicted octanol–water partition coefficient (Wildman–Crippen LogP) is 5.54. The number of rotatable bonds is 4. The number of alkyl halides is 3. The third-order valence-corrected chi connectivity index (χ3v) is 4.71. The molecule has 3 aromatic rings. The van der Waals surface area contributed by atoms with E-state index in [1.165, 1.54) is 0 Å². The molecule has 0 aliphatic carbocycles. The molecular formula is C19H13Cl2F3N2O2. The van der Waals surface area contributed by atoms with Gasteiger partial charge in [0, 0.05) is 23.7 Å². The van der Waals surface area contributed by atoms with Gasteiger partial charge >= 0.3 is 12.1 Å². The van der Waals surface area contributed by atoms with E-state index in [9.17, 15) is 18.0 Å². The molecule has 0 bridgehead atoms. The van der Waals surface area contributed by atoms with Crippen molar-refractivity contribution < 1.29 is 22.7 Å². The van der Waals surface area contributed by atoms with Crippen LogP contribution in [-0.4, -0.2) is 17.6 Å². The number of aromatic nitrogens is 1. The Morgan fingerprint density at radius 1 is 1.18 bits per heavy atom. The van der Waals surface area contributed by atoms with E-state index in [4.69, 9.17) is 33.7 Å². The Hall–Kier alpha value is -2.51. The molecule has 0 amide bonds. The van der Waals surface area contributed by atoms with Crippen molar-refractivity contribution in [1.82, 2.24) is 4.98 Å². The van der Waals surface area contributed by atoms with Crippen molar-refractivity contribution in [2.75, 3.05) is 12.3 Å². The largest absolute Gasteiger partial charge is 0.462 e. The number of ether oxygens (including phenoxy) is 1. The van der Waals surface area contributed by atoms with Gasteiger partial charge in [0.2, 0.25) is 0 Å². The molecular weight excluding hydrogens is 416 g/mol. The molecule has 4 nitrogen and oxygen atoms in total. The molecule has 0 aliphatic rings. The Balaban J connectivity index is 1.81. The number of nitrogen functional groups attached to an aromatic ring is 1. The summed E-state index contributed by atoms with van der Waals surface area (Å²) >= 11 is 11.9. The van der Waals surface area contributed by atoms with Crippen LogP contribution in [0.3, 0.4) is 0 Å². The first kappa shape index (κ1) is 20.2. The molecule has 2 N–H and O–H groups in total. The molecule has 0 spiro atoms. The van der Waals surface area contributed by atoms with E-state index in [0.717, 1.165) is 23.9 Å². The molecule has 146 valence electrons. The van der Waals surface area contributed by atoms with Gasteiger partial charge in [0.25, 0.3) is 0 Å². The van der Waals surface area contributed by atoms with Crippen molar-refractivity contribution in [2.45, 2.75) is 12.6 Å². The number of carbonyl (C=O) groups excluding carboxylic acids is 1. The van der Waals surface area contributed by atoms with Crippen LogP contribution in [0.25, 0.3) is 10.9 Å². The number of nitrogens with two attached hydrogens (primary N) is 1. The van der Waals surface area contributed by atoms with Crippen LogP contribution in [0.15, 0.2) is 42.6 Å². The number of nitrogens with zero attached hydrogens (tertiary/aromatic N) is 1. The zero-order chi connectivity index (χ0) is 20.5. The van der Waals surface area contributed by atoms with Gasteiger partial charge in [0.15, 0.2) is 0 Å². The van der Waals surface area contributed by atoms with Crippen LogP contribution in [0, 0.1) is 0 Å². The van der Waals surface area contributed by atoms with Gasteiger partial charge in [-0.2, -0.15) is 13.2 Å². The molecule has 28 heavy (non-hydrogen) atoms. The molecule has 0 saturated carbocycles. The molecule has 0 radical (unpaired) electrons. The zero-order valence-electron chi connectivity index (χ0n) is 14.2. The van der Waals surface area contributed by atoms with E-state index in [0.29, 0.717) is 12.1 Å². The summed E-state index contributed by atoms with van der Waals surface area (Å²) in [4.78, 5) is 16.2. The lowest BCUT2D eigenvalue weighted by Crippen LogP contribution is -2.10. The first-order valence-electron chi connectivity index (χ1n) is 8.03. The number of hydrogen-bond acceptors (Lipinski definition) is 4. The van der Waals surface area contributed by atoms with Gasteiger partial charge in [-0.05, 0) is 29.8 Å². The van der Waals surface area contributed by atoms with Crippen molar-refractivity contribution in [2.24, 2.45) is 0 Å². The lowest BCUT2D eigenvalue weighted by molar-refractivity contribution is -0.137. The van der Waals surface area contributed by atoms with Crippen LogP contribution in [0.4, 0.5) is 18.9 Å². The average Bonchev–Trinajstić information content (AvgIpc) is 2.61. The van der Waals surface area contributed by atoms with Crippen molar-refractivity contribution in [3.05, 3.63) is 69.3 Å². The summed E-state index contributed by atoms with van der Waals surface area (Å²) in [5.41, 5.74) is 6.06. The monoisotopic (exact) mass is 428 g/mol. The summed E-state index contributed by atoms with van der Waals surface area (Å²) in [6.07, 6.45) is -3.10. The first-order valence-corrected chi connectivity index (χ1v) is 8.79. The number of fused-ring (bicyclic) bond motifs is 1. The van der Waals surface area contributed by atoms with Gasteiger partial charge in [-0.15, -0.1) is 0 Å². The number of esters is 1. The first-order chi connectivity index (χ1) is 13.2. The molecule has 9 heteroatoms. The Morgan fingerprint density at radius 2 is 1.93 bits per heavy atom. The topological polar surface area (TPSA) is 65.2 Å². The minimum absolute atomic E-state index is 0.0296. The lowest BCUT2D eigenvalue weighted by atomic mass is 10.1. The van der Waals surface area contributed by atoms with Crippen molar-refractivity contribution in [3.63, 3.8) is 0 Å². The van der Waals surface area contributed by atoms with Crippen LogP contribution >= 0.6 is 23.2 Å². The molecule has 3 rings (SSSR count). The minimum Gasteiger partial charge on any atom is -0.462 e. The number of halogens is 5. The highest BCUT2D eigenvalue weighted by atomic mass is 35.5. The summed E-state index contributed by atoms with van der Waals surface area (Å²) < 4.78 is 44.1. The van der Waals surface area contributed by atoms with E-state index in [-0.39, 0.29) is 28.1 Å². The molecule has 0 atom stereocenters. The Kier molecular flexibility index (Phi) is 5.67. The Morgan fingerprint density at radius 3 is 2.61 bits per heavy atom. The summed E-state index contributed by atoms with van der Waals surface area (Å²) in [6.45, 7) is 0.0738. The summed E-state index contributed by atoms with van der Waals surface area (Å²) in [5.74, 6) is -0.737. The van der Waals surface area contributed by atoms with Gasteiger partial charge in [0.1, 0.15) is 0 Å². The molecule has 1 heterocycles.